The van der Waals surface area contributed by atoms with Crippen molar-refractivity contribution in [1.29, 1.82) is 5.26 Å². The van der Waals surface area contributed by atoms with Gasteiger partial charge in [0.1, 0.15) is 0 Å². The molecule has 0 aliphatic carbocycles. The van der Waals surface area contributed by atoms with Gasteiger partial charge in [0.15, 0.2) is 0 Å². The summed E-state index contributed by atoms with van der Waals surface area (Å²) >= 11 is 0. The van der Waals surface area contributed by atoms with E-state index in [1.54, 1.807) is 6.08 Å². The zero-order valence-electron chi connectivity index (χ0n) is 13.1. The minimum atomic E-state index is 0.311. The Morgan fingerprint density at radius 2 is 2.10 bits per heavy atom. The van der Waals surface area contributed by atoms with Crippen LogP contribution in [0.1, 0.15) is 27.2 Å². The molecule has 108 valence electrons. The fourth-order valence-electron chi connectivity index (χ4n) is 2.34. The molecule has 1 rings (SSSR count). The van der Waals surface area contributed by atoms with Gasteiger partial charge in [0, 0.05) is 12.0 Å². The third kappa shape index (κ3) is 5.28. The first-order chi connectivity index (χ1) is 10.1. The van der Waals surface area contributed by atoms with E-state index in [-0.39, 0.29) is 0 Å². The Hall–Kier alpha value is -2.33. The second-order valence-electron chi connectivity index (χ2n) is 5.11. The molecule has 0 aliphatic rings. The van der Waals surface area contributed by atoms with Crippen molar-refractivity contribution in [3.63, 3.8) is 0 Å². The van der Waals surface area contributed by atoms with Crippen molar-refractivity contribution >= 4 is 11.6 Å². The van der Waals surface area contributed by atoms with Crippen molar-refractivity contribution in [2.45, 2.75) is 27.2 Å². The lowest BCUT2D eigenvalue weighted by molar-refractivity contribution is 0.982. The van der Waals surface area contributed by atoms with Crippen LogP contribution in [0, 0.1) is 17.2 Å². The van der Waals surface area contributed by atoms with Gasteiger partial charge in [0.05, 0.1) is 6.07 Å². The van der Waals surface area contributed by atoms with Crippen LogP contribution in [-0.4, -0.2) is 0 Å². The molecule has 0 radical (unpaired) electrons. The number of benzene rings is 1. The van der Waals surface area contributed by atoms with E-state index < -0.39 is 0 Å². The van der Waals surface area contributed by atoms with Gasteiger partial charge in [0.25, 0.3) is 0 Å². The van der Waals surface area contributed by atoms with Gasteiger partial charge >= 0.3 is 0 Å². The standard InChI is InChI=1S/C20H23N/c1-5-9-16(3)13-17(4)14-18-11-7-8-12-20(18)19(15-21)10-6-2/h5-9,11-14,17H,2,10H2,1,3-4H3/b9-5?,16-13+,18-14-,20-19+. The molecule has 0 amide bonds. The molecule has 0 aliphatic heterocycles. The van der Waals surface area contributed by atoms with Crippen molar-refractivity contribution < 1.29 is 0 Å². The summed E-state index contributed by atoms with van der Waals surface area (Å²) in [6.45, 7) is 10.00. The summed E-state index contributed by atoms with van der Waals surface area (Å²) < 4.78 is 0. The smallest absolute Gasteiger partial charge is 0.0956 e. The monoisotopic (exact) mass is 277 g/mol. The normalized spacial score (nSPS) is 15.7. The molecule has 1 aromatic rings. The van der Waals surface area contributed by atoms with Crippen LogP contribution >= 0.6 is 0 Å². The van der Waals surface area contributed by atoms with E-state index in [1.165, 1.54) is 5.57 Å². The van der Waals surface area contributed by atoms with Crippen LogP contribution in [0.4, 0.5) is 0 Å². The maximum Gasteiger partial charge on any atom is 0.0956 e. The Labute approximate surface area is 127 Å². The Balaban J connectivity index is 3.39. The van der Waals surface area contributed by atoms with Gasteiger partial charge < -0.3 is 0 Å². The summed E-state index contributed by atoms with van der Waals surface area (Å²) in [5.41, 5.74) is 2.01. The molecule has 0 spiro atoms. The van der Waals surface area contributed by atoms with E-state index >= 15 is 0 Å². The number of nitrogens with zero attached hydrogens (tertiary/aromatic N) is 1. The van der Waals surface area contributed by atoms with Gasteiger partial charge in [-0.3, -0.25) is 0 Å². The molecule has 1 atom stereocenters. The zero-order chi connectivity index (χ0) is 15.7. The lowest BCUT2D eigenvalue weighted by Crippen LogP contribution is -2.27. The molecular weight excluding hydrogens is 254 g/mol. The van der Waals surface area contributed by atoms with Crippen LogP contribution in [0.2, 0.25) is 0 Å². The molecule has 0 saturated heterocycles. The Morgan fingerprint density at radius 3 is 2.71 bits per heavy atom. The quantitative estimate of drug-likeness (QED) is 0.592. The fourth-order valence-corrected chi connectivity index (χ4v) is 2.34. The van der Waals surface area contributed by atoms with Crippen molar-refractivity contribution in [2.24, 2.45) is 5.92 Å². The van der Waals surface area contributed by atoms with E-state index in [2.05, 4.69) is 50.8 Å². The summed E-state index contributed by atoms with van der Waals surface area (Å²) in [6.07, 6.45) is 10.9. The van der Waals surface area contributed by atoms with Gasteiger partial charge in [-0.15, -0.1) is 6.58 Å². The number of nitriles is 1. The second-order valence-corrected chi connectivity index (χ2v) is 5.11. The largest absolute Gasteiger partial charge is 0.193 e. The van der Waals surface area contributed by atoms with Crippen molar-refractivity contribution in [3.8, 4) is 6.07 Å². The minimum absolute atomic E-state index is 0.311. The number of hydrogen-bond acceptors (Lipinski definition) is 1. The molecule has 0 N–H and O–H groups in total. The average molecular weight is 277 g/mol. The van der Waals surface area contributed by atoms with Gasteiger partial charge in [-0.2, -0.15) is 5.26 Å². The lowest BCUT2D eigenvalue weighted by atomic mass is 10.0. The van der Waals surface area contributed by atoms with E-state index in [4.69, 9.17) is 0 Å². The first kappa shape index (κ1) is 16.7. The summed E-state index contributed by atoms with van der Waals surface area (Å²) in [4.78, 5) is 0. The highest BCUT2D eigenvalue weighted by Crippen LogP contribution is 2.05. The first-order valence-corrected chi connectivity index (χ1v) is 7.24. The summed E-state index contributed by atoms with van der Waals surface area (Å²) in [5, 5.41) is 11.4. The highest BCUT2D eigenvalue weighted by molar-refractivity contribution is 5.61. The third-order valence-corrected chi connectivity index (χ3v) is 3.17. The van der Waals surface area contributed by atoms with Gasteiger partial charge in [-0.05, 0) is 30.2 Å². The average Bonchev–Trinajstić information content (AvgIpc) is 2.45. The van der Waals surface area contributed by atoms with E-state index in [9.17, 15) is 5.26 Å². The van der Waals surface area contributed by atoms with Crippen LogP contribution in [0.3, 0.4) is 0 Å². The summed E-state index contributed by atoms with van der Waals surface area (Å²) in [6, 6.07) is 10.3. The topological polar surface area (TPSA) is 23.8 Å². The van der Waals surface area contributed by atoms with Gasteiger partial charge in [0.2, 0.25) is 0 Å². The van der Waals surface area contributed by atoms with Crippen LogP contribution in [-0.2, 0) is 0 Å². The SMILES string of the molecule is C=CC/C(C#N)=c1/cccc/c1=C/C(C)/C=C(\C)C=CC. The highest BCUT2D eigenvalue weighted by Gasteiger charge is 1.98. The molecule has 0 saturated carbocycles. The summed E-state index contributed by atoms with van der Waals surface area (Å²) in [5.74, 6) is 0.311. The molecule has 0 aromatic heterocycles. The predicted molar refractivity (Wildman–Crippen MR) is 91.7 cm³/mol. The van der Waals surface area contributed by atoms with Crippen LogP contribution in [0.5, 0.6) is 0 Å². The van der Waals surface area contributed by atoms with Crippen molar-refractivity contribution in [1.82, 2.24) is 0 Å². The minimum Gasteiger partial charge on any atom is -0.193 e. The van der Waals surface area contributed by atoms with E-state index in [0.717, 1.165) is 16.0 Å². The van der Waals surface area contributed by atoms with Crippen molar-refractivity contribution in [2.75, 3.05) is 0 Å². The molecule has 0 fully saturated rings. The lowest BCUT2D eigenvalue weighted by Gasteiger charge is -2.02. The zero-order valence-corrected chi connectivity index (χ0v) is 13.1. The second kappa shape index (κ2) is 8.76. The molecule has 0 bridgehead atoms. The van der Waals surface area contributed by atoms with Gasteiger partial charge in [-0.25, -0.2) is 0 Å². The summed E-state index contributed by atoms with van der Waals surface area (Å²) in [7, 11) is 0. The fraction of sp³-hybridized carbons (Fsp3) is 0.250. The number of rotatable bonds is 5. The molecule has 1 nitrogen and oxygen atoms in total. The van der Waals surface area contributed by atoms with E-state index in [1.807, 2.05) is 31.2 Å². The highest BCUT2D eigenvalue weighted by atomic mass is 14.2. The molecule has 1 unspecified atom stereocenters. The van der Waals surface area contributed by atoms with Crippen molar-refractivity contribution in [3.05, 3.63) is 71.2 Å². The molecule has 21 heavy (non-hydrogen) atoms. The third-order valence-electron chi connectivity index (χ3n) is 3.17. The Bertz CT molecular complexity index is 696. The Kier molecular flexibility index (Phi) is 6.98. The maximum absolute atomic E-state index is 9.31. The molecule has 0 heterocycles. The molecule has 1 heteroatoms. The van der Waals surface area contributed by atoms with Crippen LogP contribution in [0.25, 0.3) is 11.6 Å². The van der Waals surface area contributed by atoms with Crippen LogP contribution < -0.4 is 10.4 Å². The van der Waals surface area contributed by atoms with Gasteiger partial charge in [-0.1, -0.05) is 67.1 Å². The molecule has 1 aromatic carbocycles. The number of allylic oxidation sites excluding steroid dienone is 5. The molecular formula is C20H23N. The Morgan fingerprint density at radius 1 is 1.38 bits per heavy atom. The van der Waals surface area contributed by atoms with E-state index in [0.29, 0.717) is 12.3 Å². The van der Waals surface area contributed by atoms with Crippen LogP contribution in [0.15, 0.2) is 60.7 Å². The predicted octanol–water partition coefficient (Wildman–Crippen LogP) is 3.88. The maximum atomic E-state index is 9.31. The first-order valence-electron chi connectivity index (χ1n) is 7.24. The number of hydrogen-bond donors (Lipinski definition) is 0.